The quantitative estimate of drug-likeness (QED) is 0.547. The van der Waals surface area contributed by atoms with Gasteiger partial charge in [0.2, 0.25) is 5.91 Å². The lowest BCUT2D eigenvalue weighted by Crippen LogP contribution is -2.55. The topological polar surface area (TPSA) is 41.1 Å². The van der Waals surface area contributed by atoms with Crippen LogP contribution in [0, 0.1) is 0 Å². The molecule has 0 unspecified atom stereocenters. The minimum Gasteiger partial charge on any atom is -0.291 e. The predicted octanol–water partition coefficient (Wildman–Crippen LogP) is 0.332. The molecule has 0 aromatic heterocycles. The third kappa shape index (κ3) is 2.07. The number of hydrazine groups is 1. The first-order chi connectivity index (χ1) is 5.00. The van der Waals surface area contributed by atoms with Gasteiger partial charge in [0.25, 0.3) is 0 Å². The number of halogens is 3. The van der Waals surface area contributed by atoms with Gasteiger partial charge in [0.15, 0.2) is 0 Å². The third-order valence-electron chi connectivity index (χ3n) is 1.44. The monoisotopic (exact) mass is 168 g/mol. The van der Waals surface area contributed by atoms with Gasteiger partial charge >= 0.3 is 6.18 Å². The zero-order valence-corrected chi connectivity index (χ0v) is 5.53. The number of hydrogen-bond acceptors (Lipinski definition) is 2. The van der Waals surface area contributed by atoms with Gasteiger partial charge in [-0.3, -0.25) is 10.2 Å². The van der Waals surface area contributed by atoms with Gasteiger partial charge in [0.05, 0.1) is 0 Å². The molecule has 0 bridgehead atoms. The van der Waals surface area contributed by atoms with E-state index in [0.717, 1.165) is 0 Å². The van der Waals surface area contributed by atoms with Gasteiger partial charge in [0.1, 0.15) is 6.04 Å². The highest BCUT2D eigenvalue weighted by atomic mass is 19.4. The van der Waals surface area contributed by atoms with E-state index < -0.39 is 18.1 Å². The third-order valence-corrected chi connectivity index (χ3v) is 1.44. The van der Waals surface area contributed by atoms with Gasteiger partial charge in [-0.15, -0.1) is 0 Å². The van der Waals surface area contributed by atoms with Gasteiger partial charge in [-0.2, -0.15) is 13.2 Å². The van der Waals surface area contributed by atoms with Crippen molar-refractivity contribution in [3.63, 3.8) is 0 Å². The summed E-state index contributed by atoms with van der Waals surface area (Å²) in [5, 5.41) is 0. The van der Waals surface area contributed by atoms with Crippen molar-refractivity contribution in [2.75, 3.05) is 0 Å². The summed E-state index contributed by atoms with van der Waals surface area (Å²) in [6.07, 6.45) is -4.53. The minimum absolute atomic E-state index is 0.0722. The van der Waals surface area contributed by atoms with Crippen LogP contribution in [-0.2, 0) is 4.79 Å². The lowest BCUT2D eigenvalue weighted by atomic mass is 10.1. The van der Waals surface area contributed by atoms with Crippen LogP contribution >= 0.6 is 0 Å². The van der Waals surface area contributed by atoms with E-state index in [2.05, 4.69) is 0 Å². The second kappa shape index (κ2) is 2.69. The summed E-state index contributed by atoms with van der Waals surface area (Å²) in [6.45, 7) is 0. The Balaban J connectivity index is 2.45. The summed E-state index contributed by atoms with van der Waals surface area (Å²) in [6, 6.07) is -1.60. The van der Waals surface area contributed by atoms with Gasteiger partial charge in [-0.1, -0.05) is 0 Å². The van der Waals surface area contributed by atoms with Crippen LogP contribution in [0.3, 0.4) is 0 Å². The molecular weight excluding hydrogens is 161 g/mol. The fourth-order valence-electron chi connectivity index (χ4n) is 0.823. The number of carbonyl (C=O) groups is 1. The average Bonchev–Trinajstić information content (AvgIpc) is 1.86. The molecule has 0 saturated carbocycles. The Hall–Kier alpha value is -0.780. The minimum atomic E-state index is -4.27. The van der Waals surface area contributed by atoms with Crippen molar-refractivity contribution in [3.05, 3.63) is 0 Å². The SMILES string of the molecule is O=C1CC[C@@H](C(F)(F)F)NN1. The number of carbonyl (C=O) groups excluding carboxylic acids is 1. The van der Waals surface area contributed by atoms with Crippen LogP contribution in [0.25, 0.3) is 0 Å². The van der Waals surface area contributed by atoms with Crippen LogP contribution in [0.1, 0.15) is 12.8 Å². The number of amides is 1. The lowest BCUT2D eigenvalue weighted by Gasteiger charge is -2.25. The molecule has 1 fully saturated rings. The molecule has 1 aliphatic heterocycles. The molecule has 1 heterocycles. The Morgan fingerprint density at radius 2 is 2.09 bits per heavy atom. The van der Waals surface area contributed by atoms with E-state index in [1.807, 2.05) is 10.9 Å². The highest BCUT2D eigenvalue weighted by Crippen LogP contribution is 2.24. The molecule has 1 atom stereocenters. The number of nitrogens with one attached hydrogen (secondary N) is 2. The Kier molecular flexibility index (Phi) is 2.03. The standard InChI is InChI=1S/C5H7F3N2O/c6-5(7,8)3-1-2-4(11)10-9-3/h3,9H,1-2H2,(H,10,11)/t3-/m0/s1. The van der Waals surface area contributed by atoms with Gasteiger partial charge in [-0.05, 0) is 6.42 Å². The normalized spacial score (nSPS) is 26.5. The van der Waals surface area contributed by atoms with E-state index in [1.165, 1.54) is 0 Å². The predicted molar refractivity (Wildman–Crippen MR) is 30.4 cm³/mol. The molecule has 11 heavy (non-hydrogen) atoms. The lowest BCUT2D eigenvalue weighted by molar-refractivity contribution is -0.166. The van der Waals surface area contributed by atoms with Crippen LogP contribution in [0.5, 0.6) is 0 Å². The number of hydrogen-bond donors (Lipinski definition) is 2. The average molecular weight is 168 g/mol. The first-order valence-electron chi connectivity index (χ1n) is 3.11. The molecule has 0 spiro atoms. The molecule has 1 rings (SSSR count). The Bertz CT molecular complexity index is 158. The van der Waals surface area contributed by atoms with E-state index in [4.69, 9.17) is 0 Å². The zero-order chi connectivity index (χ0) is 8.48. The largest absolute Gasteiger partial charge is 0.405 e. The van der Waals surface area contributed by atoms with Crippen molar-refractivity contribution in [3.8, 4) is 0 Å². The highest BCUT2D eigenvalue weighted by Gasteiger charge is 2.41. The first-order valence-corrected chi connectivity index (χ1v) is 3.11. The summed E-state index contributed by atoms with van der Waals surface area (Å²) in [5.41, 5.74) is 3.81. The molecule has 0 aliphatic carbocycles. The maximum atomic E-state index is 11.9. The van der Waals surface area contributed by atoms with E-state index in [9.17, 15) is 18.0 Å². The Labute approximate surface area is 60.9 Å². The maximum absolute atomic E-state index is 11.9. The molecule has 0 aromatic rings. The Morgan fingerprint density at radius 3 is 2.45 bits per heavy atom. The van der Waals surface area contributed by atoms with Crippen molar-refractivity contribution in [2.24, 2.45) is 0 Å². The highest BCUT2D eigenvalue weighted by molar-refractivity contribution is 5.76. The van der Waals surface area contributed by atoms with E-state index >= 15 is 0 Å². The fourth-order valence-corrected chi connectivity index (χ4v) is 0.823. The van der Waals surface area contributed by atoms with Crippen LogP contribution in [0.2, 0.25) is 0 Å². The van der Waals surface area contributed by atoms with Crippen LogP contribution < -0.4 is 10.9 Å². The van der Waals surface area contributed by atoms with Gasteiger partial charge in [-0.25, -0.2) is 5.43 Å². The van der Waals surface area contributed by atoms with Crippen LogP contribution in [0.4, 0.5) is 13.2 Å². The van der Waals surface area contributed by atoms with E-state index in [1.54, 1.807) is 0 Å². The molecule has 1 aliphatic rings. The van der Waals surface area contributed by atoms with Gasteiger partial charge in [0, 0.05) is 6.42 Å². The summed E-state index contributed by atoms with van der Waals surface area (Å²) in [4.78, 5) is 10.4. The zero-order valence-electron chi connectivity index (χ0n) is 5.53. The summed E-state index contributed by atoms with van der Waals surface area (Å²) in [7, 11) is 0. The molecule has 3 nitrogen and oxygen atoms in total. The molecule has 0 aromatic carbocycles. The van der Waals surface area contributed by atoms with Gasteiger partial charge < -0.3 is 0 Å². The molecule has 2 N–H and O–H groups in total. The number of alkyl halides is 3. The number of rotatable bonds is 0. The Morgan fingerprint density at radius 1 is 1.45 bits per heavy atom. The molecule has 0 radical (unpaired) electrons. The van der Waals surface area contributed by atoms with E-state index in [0.29, 0.717) is 0 Å². The molecule has 1 amide bonds. The van der Waals surface area contributed by atoms with Crippen molar-refractivity contribution < 1.29 is 18.0 Å². The van der Waals surface area contributed by atoms with Crippen molar-refractivity contribution >= 4 is 5.91 Å². The van der Waals surface area contributed by atoms with Crippen LogP contribution in [0.15, 0.2) is 0 Å². The molecule has 64 valence electrons. The van der Waals surface area contributed by atoms with Crippen molar-refractivity contribution in [2.45, 2.75) is 25.1 Å². The molecule has 1 saturated heterocycles. The maximum Gasteiger partial charge on any atom is 0.405 e. The second-order valence-electron chi connectivity index (χ2n) is 2.33. The summed E-state index contributed by atoms with van der Waals surface area (Å²) >= 11 is 0. The molecule has 6 heteroatoms. The summed E-state index contributed by atoms with van der Waals surface area (Å²) < 4.78 is 35.6. The van der Waals surface area contributed by atoms with Crippen LogP contribution in [-0.4, -0.2) is 18.1 Å². The molecular formula is C5H7F3N2O. The van der Waals surface area contributed by atoms with Crippen molar-refractivity contribution in [1.29, 1.82) is 0 Å². The summed E-state index contributed by atoms with van der Waals surface area (Å²) in [5.74, 6) is -0.398. The first kappa shape index (κ1) is 8.32. The smallest absolute Gasteiger partial charge is 0.291 e. The second-order valence-corrected chi connectivity index (χ2v) is 2.33. The van der Waals surface area contributed by atoms with E-state index in [-0.39, 0.29) is 12.8 Å². The van der Waals surface area contributed by atoms with Crippen molar-refractivity contribution in [1.82, 2.24) is 10.9 Å². The fraction of sp³-hybridized carbons (Fsp3) is 0.800.